The molecule has 0 radical (unpaired) electrons. The standard InChI is InChI=1S/C16H30O4/c1-3-15(9-19-10-15)8-14(17)6-5-7-18-11-16(4-2)12-20-13-16/h14,17H,3-13H2,1-2H3. The first-order valence-corrected chi connectivity index (χ1v) is 8.05. The van der Waals surface area contributed by atoms with Gasteiger partial charge in [0.25, 0.3) is 0 Å². The molecule has 1 unspecified atom stereocenters. The van der Waals surface area contributed by atoms with E-state index >= 15 is 0 Å². The third-order valence-corrected chi connectivity index (χ3v) is 5.04. The molecule has 4 heteroatoms. The monoisotopic (exact) mass is 286 g/mol. The van der Waals surface area contributed by atoms with Gasteiger partial charge < -0.3 is 19.3 Å². The van der Waals surface area contributed by atoms with Gasteiger partial charge in [-0.3, -0.25) is 0 Å². The smallest absolute Gasteiger partial charge is 0.0566 e. The van der Waals surface area contributed by atoms with E-state index in [1.54, 1.807) is 0 Å². The summed E-state index contributed by atoms with van der Waals surface area (Å²) in [5.74, 6) is 0. The summed E-state index contributed by atoms with van der Waals surface area (Å²) in [5, 5.41) is 10.1. The van der Waals surface area contributed by atoms with Crippen molar-refractivity contribution in [3.8, 4) is 0 Å². The summed E-state index contributed by atoms with van der Waals surface area (Å²) in [6.07, 6.45) is 4.64. The number of hydrogen-bond acceptors (Lipinski definition) is 4. The Morgan fingerprint density at radius 2 is 1.65 bits per heavy atom. The minimum absolute atomic E-state index is 0.213. The van der Waals surface area contributed by atoms with Crippen LogP contribution in [-0.4, -0.2) is 50.9 Å². The molecule has 1 atom stereocenters. The highest BCUT2D eigenvalue weighted by atomic mass is 16.5. The first-order valence-electron chi connectivity index (χ1n) is 8.05. The second-order valence-electron chi connectivity index (χ2n) is 6.75. The lowest BCUT2D eigenvalue weighted by atomic mass is 9.77. The molecule has 0 aromatic carbocycles. The van der Waals surface area contributed by atoms with E-state index in [-0.39, 0.29) is 16.9 Å². The summed E-state index contributed by atoms with van der Waals surface area (Å²) in [4.78, 5) is 0. The highest BCUT2D eigenvalue weighted by Crippen LogP contribution is 2.36. The summed E-state index contributed by atoms with van der Waals surface area (Å²) >= 11 is 0. The molecular weight excluding hydrogens is 256 g/mol. The van der Waals surface area contributed by atoms with E-state index in [1.165, 1.54) is 0 Å². The Bertz CT molecular complexity index is 273. The average Bonchev–Trinajstić information content (AvgIpc) is 2.36. The van der Waals surface area contributed by atoms with E-state index < -0.39 is 0 Å². The van der Waals surface area contributed by atoms with Gasteiger partial charge in [0.15, 0.2) is 0 Å². The average molecular weight is 286 g/mol. The maximum atomic E-state index is 10.1. The van der Waals surface area contributed by atoms with Crippen LogP contribution in [0.5, 0.6) is 0 Å². The molecule has 4 nitrogen and oxygen atoms in total. The lowest BCUT2D eigenvalue weighted by Crippen LogP contribution is -2.45. The van der Waals surface area contributed by atoms with Gasteiger partial charge in [-0.15, -0.1) is 0 Å². The van der Waals surface area contributed by atoms with E-state index in [1.807, 2.05) is 0 Å². The van der Waals surface area contributed by atoms with Gasteiger partial charge in [0, 0.05) is 17.4 Å². The fourth-order valence-electron chi connectivity index (χ4n) is 2.95. The molecule has 0 aromatic rings. The number of rotatable bonds is 10. The van der Waals surface area contributed by atoms with E-state index in [4.69, 9.17) is 14.2 Å². The van der Waals surface area contributed by atoms with Crippen LogP contribution in [0.3, 0.4) is 0 Å². The molecule has 0 aromatic heterocycles. The molecule has 0 saturated carbocycles. The van der Waals surface area contributed by atoms with E-state index in [0.717, 1.165) is 71.7 Å². The zero-order valence-electron chi connectivity index (χ0n) is 13.0. The van der Waals surface area contributed by atoms with Gasteiger partial charge in [0.05, 0.1) is 39.1 Å². The van der Waals surface area contributed by atoms with E-state index in [2.05, 4.69) is 13.8 Å². The molecule has 2 aliphatic rings. The van der Waals surface area contributed by atoms with Gasteiger partial charge in [-0.1, -0.05) is 13.8 Å². The maximum absolute atomic E-state index is 10.1. The molecule has 2 heterocycles. The zero-order valence-corrected chi connectivity index (χ0v) is 13.0. The lowest BCUT2D eigenvalue weighted by Gasteiger charge is -2.42. The Morgan fingerprint density at radius 1 is 1.05 bits per heavy atom. The summed E-state index contributed by atoms with van der Waals surface area (Å²) in [6.45, 7) is 9.23. The minimum atomic E-state index is -0.213. The predicted molar refractivity (Wildman–Crippen MR) is 77.8 cm³/mol. The SMILES string of the molecule is CCC1(COCCCC(O)CC2(CC)COC2)COC1. The third kappa shape index (κ3) is 3.94. The van der Waals surface area contributed by atoms with Gasteiger partial charge in [-0.05, 0) is 32.1 Å². The van der Waals surface area contributed by atoms with Crippen LogP contribution in [-0.2, 0) is 14.2 Å². The Morgan fingerprint density at radius 3 is 2.10 bits per heavy atom. The quantitative estimate of drug-likeness (QED) is 0.626. The molecule has 20 heavy (non-hydrogen) atoms. The third-order valence-electron chi connectivity index (χ3n) is 5.04. The molecule has 0 bridgehead atoms. The van der Waals surface area contributed by atoms with Gasteiger partial charge in [-0.25, -0.2) is 0 Å². The minimum Gasteiger partial charge on any atom is -0.393 e. The van der Waals surface area contributed by atoms with Gasteiger partial charge in [0.1, 0.15) is 0 Å². The van der Waals surface area contributed by atoms with Crippen molar-refractivity contribution in [2.75, 3.05) is 39.6 Å². The van der Waals surface area contributed by atoms with E-state index in [9.17, 15) is 5.11 Å². The molecule has 0 amide bonds. The first-order chi connectivity index (χ1) is 9.64. The van der Waals surface area contributed by atoms with Crippen molar-refractivity contribution in [1.29, 1.82) is 0 Å². The molecule has 2 aliphatic heterocycles. The predicted octanol–water partition coefficient (Wildman–Crippen LogP) is 2.39. The Labute approximate surface area is 122 Å². The zero-order chi connectivity index (χ0) is 14.5. The Hall–Kier alpha value is -0.160. The number of aliphatic hydroxyl groups excluding tert-OH is 1. The molecule has 0 spiro atoms. The fraction of sp³-hybridized carbons (Fsp3) is 1.00. The topological polar surface area (TPSA) is 47.9 Å². The number of aliphatic hydroxyl groups is 1. The lowest BCUT2D eigenvalue weighted by molar-refractivity contribution is -0.151. The number of ether oxygens (including phenoxy) is 3. The van der Waals surface area contributed by atoms with Gasteiger partial charge in [-0.2, -0.15) is 0 Å². The summed E-state index contributed by atoms with van der Waals surface area (Å²) in [6, 6.07) is 0. The first kappa shape index (κ1) is 16.2. The molecule has 118 valence electrons. The van der Waals surface area contributed by atoms with Crippen LogP contribution in [0.15, 0.2) is 0 Å². The molecule has 2 rings (SSSR count). The van der Waals surface area contributed by atoms with Crippen molar-refractivity contribution in [3.05, 3.63) is 0 Å². The van der Waals surface area contributed by atoms with Crippen LogP contribution < -0.4 is 0 Å². The van der Waals surface area contributed by atoms with Crippen LogP contribution in [0, 0.1) is 10.8 Å². The second kappa shape index (κ2) is 7.21. The molecule has 2 saturated heterocycles. The van der Waals surface area contributed by atoms with Crippen molar-refractivity contribution in [2.45, 2.75) is 52.1 Å². The largest absolute Gasteiger partial charge is 0.393 e. The summed E-state index contributed by atoms with van der Waals surface area (Å²) < 4.78 is 16.3. The maximum Gasteiger partial charge on any atom is 0.0566 e. The van der Waals surface area contributed by atoms with Gasteiger partial charge >= 0.3 is 0 Å². The molecule has 0 aliphatic carbocycles. The van der Waals surface area contributed by atoms with Crippen LogP contribution in [0.4, 0.5) is 0 Å². The van der Waals surface area contributed by atoms with Crippen molar-refractivity contribution < 1.29 is 19.3 Å². The van der Waals surface area contributed by atoms with E-state index in [0.29, 0.717) is 0 Å². The Kier molecular flexibility index (Phi) is 5.84. The highest BCUT2D eigenvalue weighted by Gasteiger charge is 2.38. The normalized spacial score (nSPS) is 24.8. The van der Waals surface area contributed by atoms with Crippen LogP contribution in [0.2, 0.25) is 0 Å². The molecular formula is C16H30O4. The number of hydrogen-bond donors (Lipinski definition) is 1. The van der Waals surface area contributed by atoms with Crippen molar-refractivity contribution in [1.82, 2.24) is 0 Å². The van der Waals surface area contributed by atoms with Crippen molar-refractivity contribution >= 4 is 0 Å². The summed E-state index contributed by atoms with van der Waals surface area (Å²) in [5.41, 5.74) is 0.518. The Balaban J connectivity index is 1.52. The second-order valence-corrected chi connectivity index (χ2v) is 6.75. The van der Waals surface area contributed by atoms with Crippen molar-refractivity contribution in [3.63, 3.8) is 0 Å². The highest BCUT2D eigenvalue weighted by molar-refractivity contribution is 4.86. The molecule has 1 N–H and O–H groups in total. The van der Waals surface area contributed by atoms with Crippen LogP contribution in [0.1, 0.15) is 46.0 Å². The van der Waals surface area contributed by atoms with Crippen molar-refractivity contribution in [2.24, 2.45) is 10.8 Å². The summed E-state index contributed by atoms with van der Waals surface area (Å²) in [7, 11) is 0. The molecule has 2 fully saturated rings. The van der Waals surface area contributed by atoms with Crippen LogP contribution >= 0.6 is 0 Å². The van der Waals surface area contributed by atoms with Gasteiger partial charge in [0.2, 0.25) is 0 Å². The van der Waals surface area contributed by atoms with Crippen LogP contribution in [0.25, 0.3) is 0 Å². The fourth-order valence-corrected chi connectivity index (χ4v) is 2.95.